The summed E-state index contributed by atoms with van der Waals surface area (Å²) in [6.07, 6.45) is 0. The van der Waals surface area contributed by atoms with Crippen LogP contribution in [0.2, 0.25) is 0 Å². The van der Waals surface area contributed by atoms with Gasteiger partial charge >= 0.3 is 5.97 Å². The van der Waals surface area contributed by atoms with Crippen LogP contribution in [0.15, 0.2) is 66.0 Å². The number of carbonyl (C=O) groups excluding carboxylic acids is 1. The first-order chi connectivity index (χ1) is 13.7. The summed E-state index contributed by atoms with van der Waals surface area (Å²) in [7, 11) is 1.36. The largest absolute Gasteiger partial charge is 0.465 e. The lowest BCUT2D eigenvalue weighted by Crippen LogP contribution is -2.06. The third-order valence-corrected chi connectivity index (χ3v) is 5.03. The van der Waals surface area contributed by atoms with Crippen molar-refractivity contribution in [3.8, 4) is 0 Å². The highest BCUT2D eigenvalue weighted by Gasteiger charge is 2.10. The van der Waals surface area contributed by atoms with Crippen molar-refractivity contribution in [3.63, 3.8) is 0 Å². The highest BCUT2D eigenvalue weighted by Crippen LogP contribution is 2.25. The summed E-state index contributed by atoms with van der Waals surface area (Å²) in [6, 6.07) is 19.0. The average molecular weight is 390 g/mol. The SMILES string of the molecule is COC(=O)c1cccc(Nc2nc(NCc3cccs3)c3ccccc3n2)c1. The number of methoxy groups -OCH3 is 1. The maximum Gasteiger partial charge on any atom is 0.337 e. The molecular formula is C21H18N4O2S. The van der Waals surface area contributed by atoms with Crippen LogP contribution in [-0.4, -0.2) is 23.0 Å². The predicted molar refractivity (Wildman–Crippen MR) is 112 cm³/mol. The first kappa shape index (κ1) is 17.9. The topological polar surface area (TPSA) is 76.1 Å². The number of fused-ring (bicyclic) bond motifs is 1. The van der Waals surface area contributed by atoms with E-state index in [0.717, 1.165) is 16.7 Å². The Bertz CT molecular complexity index is 1110. The van der Waals surface area contributed by atoms with E-state index >= 15 is 0 Å². The van der Waals surface area contributed by atoms with Gasteiger partial charge in [-0.3, -0.25) is 0 Å². The van der Waals surface area contributed by atoms with Crippen molar-refractivity contribution in [1.82, 2.24) is 9.97 Å². The Morgan fingerprint density at radius 1 is 1.07 bits per heavy atom. The zero-order valence-corrected chi connectivity index (χ0v) is 16.0. The summed E-state index contributed by atoms with van der Waals surface area (Å²) < 4.78 is 4.78. The molecule has 0 unspecified atom stereocenters. The standard InChI is InChI=1S/C21H18N4O2S/c1-27-20(26)14-6-4-7-15(12-14)23-21-24-18-10-3-2-9-17(18)19(25-21)22-13-16-8-5-11-28-16/h2-12H,13H2,1H3,(H2,22,23,24,25). The number of carbonyl (C=O) groups is 1. The fourth-order valence-corrected chi connectivity index (χ4v) is 3.47. The van der Waals surface area contributed by atoms with E-state index in [9.17, 15) is 4.79 Å². The number of hydrogen-bond donors (Lipinski definition) is 2. The number of para-hydroxylation sites is 1. The van der Waals surface area contributed by atoms with Crippen LogP contribution in [0.4, 0.5) is 17.5 Å². The number of hydrogen-bond acceptors (Lipinski definition) is 7. The van der Waals surface area contributed by atoms with Gasteiger partial charge in [0.25, 0.3) is 0 Å². The van der Waals surface area contributed by atoms with Crippen LogP contribution < -0.4 is 10.6 Å². The maximum atomic E-state index is 11.8. The molecule has 0 bridgehead atoms. The number of benzene rings is 2. The van der Waals surface area contributed by atoms with E-state index < -0.39 is 0 Å². The van der Waals surface area contributed by atoms with Crippen molar-refractivity contribution in [1.29, 1.82) is 0 Å². The fraction of sp³-hybridized carbons (Fsp3) is 0.0952. The van der Waals surface area contributed by atoms with Crippen LogP contribution in [0.25, 0.3) is 10.9 Å². The van der Waals surface area contributed by atoms with Crippen molar-refractivity contribution in [2.75, 3.05) is 17.7 Å². The number of aromatic nitrogens is 2. The van der Waals surface area contributed by atoms with Crippen molar-refractivity contribution in [2.45, 2.75) is 6.54 Å². The summed E-state index contributed by atoms with van der Waals surface area (Å²) in [5, 5.41) is 9.59. The van der Waals surface area contributed by atoms with Crippen molar-refractivity contribution in [3.05, 3.63) is 76.5 Å². The van der Waals surface area contributed by atoms with Crippen molar-refractivity contribution >= 4 is 45.7 Å². The van der Waals surface area contributed by atoms with E-state index in [4.69, 9.17) is 4.74 Å². The number of nitrogens with zero attached hydrogens (tertiary/aromatic N) is 2. The maximum absolute atomic E-state index is 11.8. The van der Waals surface area contributed by atoms with Gasteiger partial charge in [0, 0.05) is 16.0 Å². The minimum absolute atomic E-state index is 0.388. The molecule has 6 nitrogen and oxygen atoms in total. The predicted octanol–water partition coefficient (Wildman–Crippen LogP) is 4.83. The summed E-state index contributed by atoms with van der Waals surface area (Å²) in [6.45, 7) is 0.690. The van der Waals surface area contributed by atoms with Gasteiger partial charge in [0.05, 0.1) is 24.7 Å². The molecule has 0 aliphatic rings. The zero-order valence-electron chi connectivity index (χ0n) is 15.2. The van der Waals surface area contributed by atoms with Crippen LogP contribution in [0.3, 0.4) is 0 Å². The number of nitrogens with one attached hydrogen (secondary N) is 2. The molecule has 28 heavy (non-hydrogen) atoms. The highest BCUT2D eigenvalue weighted by atomic mass is 32.1. The van der Waals surface area contributed by atoms with Gasteiger partial charge in [0.2, 0.25) is 5.95 Å². The lowest BCUT2D eigenvalue weighted by Gasteiger charge is -2.12. The van der Waals surface area contributed by atoms with Gasteiger partial charge < -0.3 is 15.4 Å². The Hall–Kier alpha value is -3.45. The van der Waals surface area contributed by atoms with Gasteiger partial charge in [0.15, 0.2) is 0 Å². The van der Waals surface area contributed by atoms with Crippen LogP contribution >= 0.6 is 11.3 Å². The second-order valence-corrected chi connectivity index (χ2v) is 7.08. The molecule has 2 aromatic heterocycles. The van der Waals surface area contributed by atoms with E-state index in [1.165, 1.54) is 12.0 Å². The molecule has 0 amide bonds. The summed E-state index contributed by atoms with van der Waals surface area (Å²) in [5.41, 5.74) is 2.00. The van der Waals surface area contributed by atoms with Crippen molar-refractivity contribution < 1.29 is 9.53 Å². The Balaban J connectivity index is 1.65. The smallest absolute Gasteiger partial charge is 0.337 e. The van der Waals surface area contributed by atoms with Crippen molar-refractivity contribution in [2.24, 2.45) is 0 Å². The molecule has 2 heterocycles. The van der Waals surface area contributed by atoms with Gasteiger partial charge in [-0.15, -0.1) is 11.3 Å². The number of thiophene rings is 1. The normalized spacial score (nSPS) is 10.6. The minimum Gasteiger partial charge on any atom is -0.465 e. The van der Waals surface area contributed by atoms with E-state index in [1.807, 2.05) is 36.4 Å². The third kappa shape index (κ3) is 3.94. The summed E-state index contributed by atoms with van der Waals surface area (Å²) in [4.78, 5) is 22.2. The first-order valence-corrected chi connectivity index (χ1v) is 9.59. The molecule has 2 aromatic carbocycles. The summed E-state index contributed by atoms with van der Waals surface area (Å²) >= 11 is 1.70. The zero-order chi connectivity index (χ0) is 19.3. The second-order valence-electron chi connectivity index (χ2n) is 6.04. The van der Waals surface area contributed by atoms with Gasteiger partial charge in [0.1, 0.15) is 5.82 Å². The van der Waals surface area contributed by atoms with Gasteiger partial charge in [-0.05, 0) is 41.8 Å². The molecule has 7 heteroatoms. The number of anilines is 3. The molecule has 2 N–H and O–H groups in total. The molecule has 4 rings (SSSR count). The molecular weight excluding hydrogens is 372 g/mol. The molecule has 140 valence electrons. The lowest BCUT2D eigenvalue weighted by atomic mass is 10.2. The molecule has 0 saturated carbocycles. The molecule has 0 spiro atoms. The Morgan fingerprint density at radius 3 is 2.79 bits per heavy atom. The number of ether oxygens (including phenoxy) is 1. The molecule has 0 saturated heterocycles. The van der Waals surface area contributed by atoms with Gasteiger partial charge in [-0.1, -0.05) is 24.3 Å². The molecule has 0 fully saturated rings. The van der Waals surface area contributed by atoms with Crippen LogP contribution in [-0.2, 0) is 11.3 Å². The van der Waals surface area contributed by atoms with Crippen LogP contribution in [0.1, 0.15) is 15.2 Å². The highest BCUT2D eigenvalue weighted by molar-refractivity contribution is 7.09. The van der Waals surface area contributed by atoms with Gasteiger partial charge in [-0.25, -0.2) is 9.78 Å². The van der Waals surface area contributed by atoms with Gasteiger partial charge in [-0.2, -0.15) is 4.98 Å². The summed E-state index contributed by atoms with van der Waals surface area (Å²) in [5.74, 6) is 0.821. The van der Waals surface area contributed by atoms with E-state index in [1.54, 1.807) is 29.5 Å². The molecule has 4 aromatic rings. The Morgan fingerprint density at radius 2 is 1.96 bits per heavy atom. The van der Waals surface area contributed by atoms with Crippen LogP contribution in [0, 0.1) is 0 Å². The molecule has 0 aliphatic heterocycles. The monoisotopic (exact) mass is 390 g/mol. The quantitative estimate of drug-likeness (QED) is 0.459. The Kier molecular flexibility index (Phi) is 5.16. The first-order valence-electron chi connectivity index (χ1n) is 8.71. The minimum atomic E-state index is -0.388. The molecule has 0 atom stereocenters. The van der Waals surface area contributed by atoms with E-state index in [0.29, 0.717) is 23.7 Å². The Labute approximate surface area is 166 Å². The number of esters is 1. The third-order valence-electron chi connectivity index (χ3n) is 4.15. The number of rotatable bonds is 6. The lowest BCUT2D eigenvalue weighted by molar-refractivity contribution is 0.0601. The molecule has 0 radical (unpaired) electrons. The molecule has 0 aliphatic carbocycles. The van der Waals surface area contributed by atoms with E-state index in [2.05, 4.69) is 32.0 Å². The second kappa shape index (κ2) is 8.06. The average Bonchev–Trinajstić information content (AvgIpc) is 3.25. The van der Waals surface area contributed by atoms with Crippen LogP contribution in [0.5, 0.6) is 0 Å². The fourth-order valence-electron chi connectivity index (χ4n) is 2.82. The van der Waals surface area contributed by atoms with E-state index in [-0.39, 0.29) is 5.97 Å².